The Hall–Kier alpha value is -1.56. The SMILES string of the molecule is [2H]c1c([2H])c(C)c(C)c([2H])c1C.[2H]c1c([2H])c(C)c([2H])c([2H])c1C. The van der Waals surface area contributed by atoms with Gasteiger partial charge in [0.05, 0.1) is 9.60 Å². The lowest BCUT2D eigenvalue weighted by atomic mass is 10.1. The van der Waals surface area contributed by atoms with Crippen LogP contribution in [0.2, 0.25) is 0 Å². The highest BCUT2D eigenvalue weighted by molar-refractivity contribution is 5.28. The van der Waals surface area contributed by atoms with E-state index in [1.807, 2.05) is 6.92 Å². The molecule has 0 radical (unpaired) electrons. The molecular weight excluding hydrogens is 204 g/mol. The Kier molecular flexibility index (Phi) is 2.35. The molecule has 0 N–H and O–H groups in total. The Balaban J connectivity index is 0.000000240. The van der Waals surface area contributed by atoms with E-state index in [0.717, 1.165) is 11.1 Å². The van der Waals surface area contributed by atoms with Crippen LogP contribution in [0, 0.1) is 34.6 Å². The van der Waals surface area contributed by atoms with E-state index < -0.39 is 0 Å². The van der Waals surface area contributed by atoms with Crippen molar-refractivity contribution in [2.24, 2.45) is 0 Å². The van der Waals surface area contributed by atoms with Gasteiger partial charge in [0.25, 0.3) is 0 Å². The quantitative estimate of drug-likeness (QED) is 0.606. The number of rotatable bonds is 0. The summed E-state index contributed by atoms with van der Waals surface area (Å²) in [5.74, 6) is 0. The predicted octanol–water partition coefficient (Wildman–Crippen LogP) is 4.92. The normalized spacial score (nSPS) is 15.2. The molecule has 0 aliphatic heterocycles. The van der Waals surface area contributed by atoms with E-state index >= 15 is 0 Å². The van der Waals surface area contributed by atoms with Crippen molar-refractivity contribution in [1.29, 1.82) is 0 Å². The number of hydrogen-bond acceptors (Lipinski definition) is 0. The minimum Gasteiger partial charge on any atom is -0.0591 e. The summed E-state index contributed by atoms with van der Waals surface area (Å²) < 4.78 is 52.4. The van der Waals surface area contributed by atoms with Gasteiger partial charge in [-0.2, -0.15) is 0 Å². The average molecular weight is 233 g/mol. The van der Waals surface area contributed by atoms with E-state index in [1.54, 1.807) is 27.7 Å². The largest absolute Gasteiger partial charge is 0.0628 e. The van der Waals surface area contributed by atoms with Gasteiger partial charge in [0.15, 0.2) is 0 Å². The summed E-state index contributed by atoms with van der Waals surface area (Å²) in [5, 5.41) is 0. The maximum atomic E-state index is 7.62. The topological polar surface area (TPSA) is 0 Å². The summed E-state index contributed by atoms with van der Waals surface area (Å²) >= 11 is 0. The fourth-order valence-electron chi connectivity index (χ4n) is 1.12. The van der Waals surface area contributed by atoms with Crippen LogP contribution < -0.4 is 0 Å². The van der Waals surface area contributed by atoms with Gasteiger partial charge in [0.2, 0.25) is 0 Å². The van der Waals surface area contributed by atoms with Gasteiger partial charge < -0.3 is 0 Å². The molecule has 0 amide bonds. The zero-order valence-corrected chi connectivity index (χ0v) is 11.0. The monoisotopic (exact) mass is 233 g/mol. The Morgan fingerprint density at radius 3 is 1.47 bits per heavy atom. The second-order valence-corrected chi connectivity index (χ2v) is 4.00. The van der Waals surface area contributed by atoms with E-state index in [2.05, 4.69) is 0 Å². The fourth-order valence-corrected chi connectivity index (χ4v) is 1.12. The molecule has 90 valence electrons. The van der Waals surface area contributed by atoms with Crippen LogP contribution in [-0.4, -0.2) is 0 Å². The first-order valence-electron chi connectivity index (χ1n) is 9.00. The second kappa shape index (κ2) is 6.24. The molecule has 0 bridgehead atoms. The first-order valence-corrected chi connectivity index (χ1v) is 5.50. The van der Waals surface area contributed by atoms with Gasteiger partial charge in [-0.05, 0) is 45.7 Å². The van der Waals surface area contributed by atoms with Crippen molar-refractivity contribution in [2.45, 2.75) is 34.6 Å². The lowest BCUT2D eigenvalue weighted by molar-refractivity contribution is 1.30. The lowest BCUT2D eigenvalue weighted by Crippen LogP contribution is -1.79. The van der Waals surface area contributed by atoms with Gasteiger partial charge in [0.1, 0.15) is 0 Å². The van der Waals surface area contributed by atoms with Crippen LogP contribution in [0.15, 0.2) is 42.3 Å². The van der Waals surface area contributed by atoms with Gasteiger partial charge >= 0.3 is 0 Å². The molecule has 17 heavy (non-hydrogen) atoms. The zero-order chi connectivity index (χ0) is 18.9. The predicted molar refractivity (Wildman–Crippen MR) is 76.6 cm³/mol. The molecule has 0 unspecified atom stereocenters. The molecule has 0 heteroatoms. The van der Waals surface area contributed by atoms with Gasteiger partial charge in [-0.1, -0.05) is 59.0 Å². The van der Waals surface area contributed by atoms with Crippen LogP contribution in [0.3, 0.4) is 0 Å². The summed E-state index contributed by atoms with van der Waals surface area (Å²) in [7, 11) is 0. The maximum Gasteiger partial charge on any atom is 0.0628 e. The second-order valence-electron chi connectivity index (χ2n) is 4.00. The molecule has 0 nitrogen and oxygen atoms in total. The van der Waals surface area contributed by atoms with E-state index in [1.165, 1.54) is 0 Å². The zero-order valence-electron chi connectivity index (χ0n) is 18.0. The Bertz CT molecular complexity index is 517. The lowest BCUT2D eigenvalue weighted by Gasteiger charge is -1.98. The Morgan fingerprint density at radius 1 is 0.588 bits per heavy atom. The molecule has 0 aromatic heterocycles. The third-order valence-corrected chi connectivity index (χ3v) is 2.25. The third-order valence-electron chi connectivity index (χ3n) is 2.25. The van der Waals surface area contributed by atoms with E-state index in [9.17, 15) is 0 Å². The Morgan fingerprint density at radius 2 is 1.00 bits per heavy atom. The van der Waals surface area contributed by atoms with Crippen LogP contribution >= 0.6 is 0 Å². The number of hydrogen-bond donors (Lipinski definition) is 0. The van der Waals surface area contributed by atoms with Gasteiger partial charge in [-0.15, -0.1) is 0 Å². The summed E-state index contributed by atoms with van der Waals surface area (Å²) in [6.45, 7) is 8.52. The molecule has 0 saturated carbocycles. The molecule has 0 aliphatic carbocycles. The minimum absolute atomic E-state index is 0.0634. The molecule has 0 spiro atoms. The van der Waals surface area contributed by atoms with Crippen molar-refractivity contribution < 1.29 is 9.60 Å². The summed E-state index contributed by atoms with van der Waals surface area (Å²) in [6.07, 6.45) is 0. The van der Waals surface area contributed by atoms with Crippen molar-refractivity contribution in [3.63, 3.8) is 0 Å². The van der Waals surface area contributed by atoms with Crippen molar-refractivity contribution in [3.05, 3.63) is 70.1 Å². The summed E-state index contributed by atoms with van der Waals surface area (Å²) in [5.41, 5.74) is 2.98. The summed E-state index contributed by atoms with van der Waals surface area (Å²) in [6, 6.07) is 1.08. The van der Waals surface area contributed by atoms with Crippen LogP contribution in [-0.2, 0) is 0 Å². The van der Waals surface area contributed by atoms with Crippen LogP contribution in [0.1, 0.15) is 37.4 Å². The van der Waals surface area contributed by atoms with Gasteiger partial charge in [0, 0.05) is 0 Å². The van der Waals surface area contributed by atoms with E-state index in [0.29, 0.717) is 22.7 Å². The van der Waals surface area contributed by atoms with Crippen molar-refractivity contribution in [3.8, 4) is 0 Å². The molecule has 2 aromatic carbocycles. The molecule has 0 saturated heterocycles. The van der Waals surface area contributed by atoms with Crippen LogP contribution in [0.4, 0.5) is 0 Å². The molecule has 0 heterocycles. The van der Waals surface area contributed by atoms with Crippen LogP contribution in [0.25, 0.3) is 0 Å². The molecular formula is C17H22. The highest BCUT2D eigenvalue weighted by Crippen LogP contribution is 2.07. The third kappa shape index (κ3) is 4.86. The van der Waals surface area contributed by atoms with Crippen molar-refractivity contribution in [1.82, 2.24) is 0 Å². The van der Waals surface area contributed by atoms with Gasteiger partial charge in [-0.25, -0.2) is 0 Å². The number of benzene rings is 2. The highest BCUT2D eigenvalue weighted by atomic mass is 13.9. The minimum atomic E-state index is 0.0634. The van der Waals surface area contributed by atoms with E-state index in [4.69, 9.17) is 9.60 Å². The van der Waals surface area contributed by atoms with E-state index in [-0.39, 0.29) is 36.3 Å². The van der Waals surface area contributed by atoms with Crippen LogP contribution in [0.5, 0.6) is 0 Å². The molecule has 2 rings (SSSR count). The first-order chi connectivity index (χ1) is 10.9. The van der Waals surface area contributed by atoms with Gasteiger partial charge in [-0.3, -0.25) is 0 Å². The smallest absolute Gasteiger partial charge is 0.0591 e. The standard InChI is InChI=1S/C9H12.C8H10/c1-7-4-5-8(2)9(3)6-7;1-7-3-5-8(2)6-4-7/h4-6H,1-3H3;3-6H,1-2H3/i4D,5D,6D;3D,4D,5D,6D. The molecule has 0 aliphatic rings. The fraction of sp³-hybridized carbons (Fsp3) is 0.294. The average Bonchev–Trinajstić information content (AvgIpc) is 2.58. The first kappa shape index (κ1) is 6.39. The highest BCUT2D eigenvalue weighted by Gasteiger charge is 1.89. The molecule has 0 atom stereocenters. The molecule has 2 aromatic rings. The van der Waals surface area contributed by atoms with Crippen molar-refractivity contribution >= 4 is 0 Å². The maximum absolute atomic E-state index is 7.62. The summed E-state index contributed by atoms with van der Waals surface area (Å²) in [4.78, 5) is 0. The Labute approximate surface area is 115 Å². The molecule has 0 fully saturated rings. The van der Waals surface area contributed by atoms with Crippen molar-refractivity contribution in [2.75, 3.05) is 0 Å².